The van der Waals surface area contributed by atoms with Crippen LogP contribution in [0.25, 0.3) is 11.0 Å². The summed E-state index contributed by atoms with van der Waals surface area (Å²) in [5.74, 6) is 2.56. The van der Waals surface area contributed by atoms with Gasteiger partial charge in [0, 0.05) is 6.07 Å². The summed E-state index contributed by atoms with van der Waals surface area (Å²) >= 11 is 0. The number of nitrogen functional groups attached to an aromatic ring is 1. The predicted molar refractivity (Wildman–Crippen MR) is 75.8 cm³/mol. The SMILES string of the molecule is COc1ccc2nc(N)n(C(C)c3ncc(C)o3)c2c1. The smallest absolute Gasteiger partial charge is 0.217 e. The molecule has 1 unspecified atom stereocenters. The van der Waals surface area contributed by atoms with E-state index in [0.717, 1.165) is 22.5 Å². The van der Waals surface area contributed by atoms with Crippen molar-refractivity contribution in [2.75, 3.05) is 12.8 Å². The van der Waals surface area contributed by atoms with Crippen LogP contribution in [0.2, 0.25) is 0 Å². The normalized spacial score (nSPS) is 12.8. The highest BCUT2D eigenvalue weighted by molar-refractivity contribution is 5.80. The van der Waals surface area contributed by atoms with E-state index in [-0.39, 0.29) is 6.04 Å². The Morgan fingerprint density at radius 1 is 1.40 bits per heavy atom. The molecule has 2 N–H and O–H groups in total. The number of nitrogens with two attached hydrogens (primary N) is 1. The van der Waals surface area contributed by atoms with Gasteiger partial charge in [-0.2, -0.15) is 0 Å². The Kier molecular flexibility index (Phi) is 2.85. The zero-order valence-electron chi connectivity index (χ0n) is 11.6. The van der Waals surface area contributed by atoms with Crippen molar-refractivity contribution in [3.05, 3.63) is 36.0 Å². The molecule has 1 aromatic carbocycles. The molecule has 0 amide bonds. The Labute approximate surface area is 116 Å². The molecule has 0 aliphatic carbocycles. The van der Waals surface area contributed by atoms with Gasteiger partial charge in [0.05, 0.1) is 24.3 Å². The first-order valence-corrected chi connectivity index (χ1v) is 6.34. The molecule has 0 spiro atoms. The maximum absolute atomic E-state index is 6.03. The summed E-state index contributed by atoms with van der Waals surface area (Å²) in [5.41, 5.74) is 7.74. The summed E-state index contributed by atoms with van der Waals surface area (Å²) in [6.45, 7) is 3.84. The van der Waals surface area contributed by atoms with Crippen LogP contribution in [0.1, 0.15) is 24.6 Å². The highest BCUT2D eigenvalue weighted by atomic mass is 16.5. The molecule has 1 atom stereocenters. The highest BCUT2D eigenvalue weighted by Crippen LogP contribution is 2.29. The number of anilines is 1. The molecule has 3 aromatic rings. The third-order valence-corrected chi connectivity index (χ3v) is 3.31. The van der Waals surface area contributed by atoms with Crippen LogP contribution in [0.15, 0.2) is 28.8 Å². The average molecular weight is 272 g/mol. The number of aromatic nitrogens is 3. The van der Waals surface area contributed by atoms with Gasteiger partial charge in [0.25, 0.3) is 0 Å². The minimum atomic E-state index is -0.138. The summed E-state index contributed by atoms with van der Waals surface area (Å²) in [5, 5.41) is 0. The number of fused-ring (bicyclic) bond motifs is 1. The molecular weight excluding hydrogens is 256 g/mol. The quantitative estimate of drug-likeness (QED) is 0.792. The second kappa shape index (κ2) is 4.56. The molecular formula is C14H16N4O2. The van der Waals surface area contributed by atoms with E-state index >= 15 is 0 Å². The van der Waals surface area contributed by atoms with Gasteiger partial charge in [-0.1, -0.05) is 0 Å². The van der Waals surface area contributed by atoms with Gasteiger partial charge in [0.1, 0.15) is 17.6 Å². The topological polar surface area (TPSA) is 79.1 Å². The van der Waals surface area contributed by atoms with Crippen molar-refractivity contribution in [3.63, 3.8) is 0 Å². The van der Waals surface area contributed by atoms with Crippen LogP contribution < -0.4 is 10.5 Å². The molecule has 0 fully saturated rings. The van der Waals surface area contributed by atoms with Gasteiger partial charge in [0.15, 0.2) is 0 Å². The molecule has 104 valence electrons. The maximum Gasteiger partial charge on any atom is 0.217 e. The molecule has 0 bridgehead atoms. The summed E-state index contributed by atoms with van der Waals surface area (Å²) in [4.78, 5) is 8.62. The third kappa shape index (κ3) is 1.89. The van der Waals surface area contributed by atoms with Crippen LogP contribution in [0.4, 0.5) is 5.95 Å². The Hall–Kier alpha value is -2.50. The molecule has 6 heteroatoms. The number of aryl methyl sites for hydroxylation is 1. The van der Waals surface area contributed by atoms with E-state index in [1.54, 1.807) is 13.3 Å². The second-order valence-electron chi connectivity index (χ2n) is 4.68. The molecule has 20 heavy (non-hydrogen) atoms. The Balaban J connectivity index is 2.16. The molecule has 6 nitrogen and oxygen atoms in total. The first-order chi connectivity index (χ1) is 9.60. The average Bonchev–Trinajstić information content (AvgIpc) is 3.00. The number of imidazole rings is 1. The van der Waals surface area contributed by atoms with Gasteiger partial charge < -0.3 is 14.9 Å². The van der Waals surface area contributed by atoms with Crippen LogP contribution >= 0.6 is 0 Å². The fourth-order valence-corrected chi connectivity index (χ4v) is 2.30. The zero-order chi connectivity index (χ0) is 14.3. The van der Waals surface area contributed by atoms with Crippen molar-refractivity contribution < 1.29 is 9.15 Å². The van der Waals surface area contributed by atoms with Crippen LogP contribution in [0.5, 0.6) is 5.75 Å². The summed E-state index contributed by atoms with van der Waals surface area (Å²) in [6.07, 6.45) is 1.70. The maximum atomic E-state index is 6.03. The van der Waals surface area contributed by atoms with Crippen molar-refractivity contribution in [2.24, 2.45) is 0 Å². The van der Waals surface area contributed by atoms with E-state index in [1.807, 2.05) is 36.6 Å². The van der Waals surface area contributed by atoms with E-state index in [2.05, 4.69) is 9.97 Å². The molecule has 2 aromatic heterocycles. The predicted octanol–water partition coefficient (Wildman–Crippen LogP) is 2.53. The standard InChI is InChI=1S/C14H16N4O2/c1-8-7-16-13(20-8)9(2)18-12-6-10(19-3)4-5-11(12)17-14(18)15/h4-7,9H,1-3H3,(H2,15,17). The Morgan fingerprint density at radius 3 is 2.85 bits per heavy atom. The second-order valence-corrected chi connectivity index (χ2v) is 4.68. The van der Waals surface area contributed by atoms with Gasteiger partial charge in [-0.25, -0.2) is 9.97 Å². The number of methoxy groups -OCH3 is 1. The van der Waals surface area contributed by atoms with Gasteiger partial charge in [-0.05, 0) is 26.0 Å². The lowest BCUT2D eigenvalue weighted by Crippen LogP contribution is -2.10. The molecule has 0 saturated carbocycles. The minimum absolute atomic E-state index is 0.138. The van der Waals surface area contributed by atoms with Gasteiger partial charge >= 0.3 is 0 Å². The lowest BCUT2D eigenvalue weighted by molar-refractivity contribution is 0.413. The number of benzene rings is 1. The molecule has 0 aliphatic rings. The number of rotatable bonds is 3. The molecule has 0 radical (unpaired) electrons. The summed E-state index contributed by atoms with van der Waals surface area (Å²) < 4.78 is 12.7. The van der Waals surface area contributed by atoms with Crippen LogP contribution in [0.3, 0.4) is 0 Å². The van der Waals surface area contributed by atoms with Crippen molar-refractivity contribution in [3.8, 4) is 5.75 Å². The van der Waals surface area contributed by atoms with Crippen molar-refractivity contribution in [1.82, 2.24) is 14.5 Å². The van der Waals surface area contributed by atoms with Gasteiger partial charge in [-0.3, -0.25) is 4.57 Å². The van der Waals surface area contributed by atoms with E-state index < -0.39 is 0 Å². The van der Waals surface area contributed by atoms with E-state index in [1.165, 1.54) is 0 Å². The number of ether oxygens (including phenoxy) is 1. The Morgan fingerprint density at radius 2 is 2.20 bits per heavy atom. The van der Waals surface area contributed by atoms with Crippen LogP contribution in [-0.2, 0) is 0 Å². The van der Waals surface area contributed by atoms with Gasteiger partial charge in [-0.15, -0.1) is 0 Å². The first kappa shape index (κ1) is 12.5. The number of hydrogen-bond donors (Lipinski definition) is 1. The van der Waals surface area contributed by atoms with Crippen LogP contribution in [-0.4, -0.2) is 21.6 Å². The Bertz CT molecular complexity index is 760. The fraction of sp³-hybridized carbons (Fsp3) is 0.286. The molecule has 2 heterocycles. The number of nitrogens with zero attached hydrogens (tertiary/aromatic N) is 3. The van der Waals surface area contributed by atoms with Gasteiger partial charge in [0.2, 0.25) is 11.8 Å². The molecule has 0 saturated heterocycles. The monoisotopic (exact) mass is 272 g/mol. The number of hydrogen-bond acceptors (Lipinski definition) is 5. The lowest BCUT2D eigenvalue weighted by Gasteiger charge is -2.12. The highest BCUT2D eigenvalue weighted by Gasteiger charge is 2.19. The lowest BCUT2D eigenvalue weighted by atomic mass is 10.2. The molecule has 3 rings (SSSR count). The zero-order valence-corrected chi connectivity index (χ0v) is 11.6. The van der Waals surface area contributed by atoms with E-state index in [0.29, 0.717) is 11.8 Å². The molecule has 0 aliphatic heterocycles. The summed E-state index contributed by atoms with van der Waals surface area (Å²) in [7, 11) is 1.63. The minimum Gasteiger partial charge on any atom is -0.497 e. The number of oxazole rings is 1. The van der Waals surface area contributed by atoms with Crippen molar-refractivity contribution >= 4 is 17.0 Å². The van der Waals surface area contributed by atoms with Crippen molar-refractivity contribution in [1.29, 1.82) is 0 Å². The third-order valence-electron chi connectivity index (χ3n) is 3.31. The fourth-order valence-electron chi connectivity index (χ4n) is 2.30. The largest absolute Gasteiger partial charge is 0.497 e. The van der Waals surface area contributed by atoms with E-state index in [4.69, 9.17) is 14.9 Å². The van der Waals surface area contributed by atoms with Crippen LogP contribution in [0, 0.1) is 6.92 Å². The first-order valence-electron chi connectivity index (χ1n) is 6.34. The van der Waals surface area contributed by atoms with Crippen molar-refractivity contribution in [2.45, 2.75) is 19.9 Å². The summed E-state index contributed by atoms with van der Waals surface area (Å²) in [6, 6.07) is 5.51. The van der Waals surface area contributed by atoms with E-state index in [9.17, 15) is 0 Å².